The van der Waals surface area contributed by atoms with Gasteiger partial charge in [-0.25, -0.2) is 0 Å². The summed E-state index contributed by atoms with van der Waals surface area (Å²) in [4.78, 5) is 13.4. The van der Waals surface area contributed by atoms with E-state index in [0.717, 1.165) is 112 Å². The molecule has 13 nitrogen and oxygen atoms in total. The van der Waals surface area contributed by atoms with Crippen LogP contribution in [0.3, 0.4) is 0 Å². The molecule has 11 bridgehead atoms. The summed E-state index contributed by atoms with van der Waals surface area (Å²) in [6, 6.07) is 17.2. The van der Waals surface area contributed by atoms with Crippen LogP contribution in [0.15, 0.2) is 77.5 Å². The van der Waals surface area contributed by atoms with E-state index in [9.17, 15) is 20.1 Å². The third-order valence-electron chi connectivity index (χ3n) is 21.0. The molecular weight excluding hydrogens is 1120 g/mol. The molecule has 14 unspecified atom stereocenters. The Morgan fingerprint density at radius 2 is 1.83 bits per heavy atom. The first-order valence-electron chi connectivity index (χ1n) is 31.4. The number of benzene rings is 4. The highest BCUT2D eigenvalue weighted by Crippen LogP contribution is 2.64. The first-order valence-corrected chi connectivity index (χ1v) is 33.9. The second kappa shape index (κ2) is 23.8. The van der Waals surface area contributed by atoms with Gasteiger partial charge in [-0.3, -0.25) is 4.79 Å². The number of phenols is 2. The number of hydrogen-bond donors (Lipinski definition) is 7. The largest absolute Gasteiger partial charge is 0.508 e. The van der Waals surface area contributed by atoms with Crippen LogP contribution >= 0.6 is 21.6 Å². The predicted molar refractivity (Wildman–Crippen MR) is 338 cm³/mol. The van der Waals surface area contributed by atoms with Gasteiger partial charge in [0.1, 0.15) is 42.0 Å². The molecule has 15 heteroatoms. The minimum Gasteiger partial charge on any atom is -0.508 e. The molecule has 6 aliphatic heterocycles. The number of allylic oxidation sites excluding steroid dienone is 3. The van der Waals surface area contributed by atoms with Crippen molar-refractivity contribution in [1.82, 2.24) is 16.0 Å². The van der Waals surface area contributed by atoms with E-state index in [1.54, 1.807) is 20.3 Å². The maximum atomic E-state index is 13.6. The lowest BCUT2D eigenvalue weighted by atomic mass is 9.64. The molecule has 450 valence electrons. The number of methoxy groups -OCH3 is 2. The van der Waals surface area contributed by atoms with Gasteiger partial charge in [-0.05, 0) is 133 Å². The number of nitrogens with two attached hydrogens (primary N) is 1. The van der Waals surface area contributed by atoms with Crippen molar-refractivity contribution in [3.63, 3.8) is 0 Å². The topological polar surface area (TPSA) is 186 Å². The summed E-state index contributed by atoms with van der Waals surface area (Å²) < 4.78 is 34.1. The zero-order valence-corrected chi connectivity index (χ0v) is 51.4. The van der Waals surface area contributed by atoms with E-state index < -0.39 is 35.5 Å². The molecule has 4 aromatic rings. The first kappa shape index (κ1) is 57.7. The van der Waals surface area contributed by atoms with Crippen molar-refractivity contribution >= 4 is 33.6 Å². The van der Waals surface area contributed by atoms with Gasteiger partial charge in [-0.15, -0.1) is 0 Å². The number of aliphatic hydroxyl groups is 1. The highest BCUT2D eigenvalue weighted by molar-refractivity contribution is 8.76. The molecule has 14 atom stereocenters. The van der Waals surface area contributed by atoms with Gasteiger partial charge >= 0.3 is 5.97 Å². The Balaban J connectivity index is 1.11. The van der Waals surface area contributed by atoms with Gasteiger partial charge in [-0.1, -0.05) is 107 Å². The SMILES string of the molecule is CCC1=CC2=C(C#CC3C#CC4Cc5cccc(c5)CC2C2CCC5(Cc6cc(O)cc(OC)c6-c6ccc7c(c65)OC(c5c6c(c(O)c(c53)CNCC(CO)C4COC)OC3CSSCC4CCCC(C4)NC3C=C6)C7COC(C)=O)C2)NC1N. The van der Waals surface area contributed by atoms with Crippen molar-refractivity contribution < 1.29 is 43.8 Å². The third-order valence-corrected chi connectivity index (χ3v) is 23.6. The van der Waals surface area contributed by atoms with Crippen molar-refractivity contribution in [3.8, 4) is 63.6 Å². The van der Waals surface area contributed by atoms with Crippen LogP contribution in [-0.4, -0.2) is 97.7 Å². The van der Waals surface area contributed by atoms with Gasteiger partial charge in [0, 0.05) is 114 Å². The summed E-state index contributed by atoms with van der Waals surface area (Å²) in [7, 11) is 7.15. The summed E-state index contributed by atoms with van der Waals surface area (Å²) in [6.45, 7) is 4.48. The summed E-state index contributed by atoms with van der Waals surface area (Å²) in [5.41, 5.74) is 19.8. The van der Waals surface area contributed by atoms with Crippen LogP contribution in [-0.2, 0) is 45.5 Å². The zero-order valence-electron chi connectivity index (χ0n) is 49.8. The molecule has 8 N–H and O–H groups in total. The fourth-order valence-corrected chi connectivity index (χ4v) is 19.6. The number of hydrogen-bond acceptors (Lipinski definition) is 15. The number of fused-ring (bicyclic) bond motifs is 14. The lowest BCUT2D eigenvalue weighted by Crippen LogP contribution is -2.49. The van der Waals surface area contributed by atoms with E-state index >= 15 is 0 Å². The van der Waals surface area contributed by atoms with Crippen molar-refractivity contribution in [1.29, 1.82) is 0 Å². The molecular formula is C71H80N4O9S2. The summed E-state index contributed by atoms with van der Waals surface area (Å²) in [5.74, 6) is 17.4. The fraction of sp³-hybridized carbons (Fsp3) is 0.507. The van der Waals surface area contributed by atoms with E-state index in [-0.39, 0.29) is 73.0 Å². The van der Waals surface area contributed by atoms with E-state index in [4.69, 9.17) is 29.4 Å². The summed E-state index contributed by atoms with van der Waals surface area (Å²) in [5, 5.41) is 48.2. The Kier molecular flexibility index (Phi) is 16.0. The number of aliphatic hydroxyl groups excluding tert-OH is 1. The van der Waals surface area contributed by atoms with Crippen LogP contribution in [0.25, 0.3) is 17.2 Å². The van der Waals surface area contributed by atoms with Gasteiger partial charge in [0.2, 0.25) is 0 Å². The second-order valence-corrected chi connectivity index (χ2v) is 28.6. The average molecular weight is 1200 g/mol. The number of carbonyl (C=O) groups is 1. The lowest BCUT2D eigenvalue weighted by molar-refractivity contribution is -0.141. The number of ether oxygens (including phenoxy) is 5. The van der Waals surface area contributed by atoms with Crippen LogP contribution in [0.2, 0.25) is 0 Å². The fourth-order valence-electron chi connectivity index (χ4n) is 17.0. The molecule has 10 aliphatic rings. The number of carbonyl (C=O) groups excluding carboxylic acids is 1. The third kappa shape index (κ3) is 10.4. The molecule has 4 aliphatic carbocycles. The van der Waals surface area contributed by atoms with E-state index in [2.05, 4.69) is 101 Å². The van der Waals surface area contributed by atoms with Crippen LogP contribution in [0.1, 0.15) is 133 Å². The van der Waals surface area contributed by atoms with Crippen molar-refractivity contribution in [2.75, 3.05) is 52.1 Å². The number of aromatic hydroxyl groups is 2. The van der Waals surface area contributed by atoms with Gasteiger partial charge in [0.05, 0.1) is 37.5 Å². The van der Waals surface area contributed by atoms with E-state index in [0.29, 0.717) is 71.9 Å². The smallest absolute Gasteiger partial charge is 0.302 e. The number of esters is 1. The van der Waals surface area contributed by atoms with Gasteiger partial charge in [-0.2, -0.15) is 0 Å². The van der Waals surface area contributed by atoms with Gasteiger partial charge in [0.15, 0.2) is 11.5 Å². The van der Waals surface area contributed by atoms with Crippen molar-refractivity contribution in [3.05, 3.63) is 128 Å². The minimum absolute atomic E-state index is 0.00694. The average Bonchev–Trinajstić information content (AvgIpc) is 2.92. The molecule has 3 fully saturated rings. The Hall–Kier alpha value is -6.01. The lowest BCUT2D eigenvalue weighted by Gasteiger charge is -2.40. The maximum absolute atomic E-state index is 13.6. The summed E-state index contributed by atoms with van der Waals surface area (Å²) >= 11 is 0. The second-order valence-electron chi connectivity index (χ2n) is 26.1. The molecule has 0 aromatic heterocycles. The minimum atomic E-state index is -0.848. The molecule has 4 aromatic carbocycles. The highest BCUT2D eigenvalue weighted by Gasteiger charge is 2.53. The molecule has 0 amide bonds. The Bertz CT molecular complexity index is 3590. The maximum Gasteiger partial charge on any atom is 0.302 e. The van der Waals surface area contributed by atoms with Crippen LogP contribution < -0.4 is 35.9 Å². The Morgan fingerprint density at radius 3 is 2.65 bits per heavy atom. The van der Waals surface area contributed by atoms with Gasteiger partial charge in [0.25, 0.3) is 0 Å². The number of rotatable bonds is 7. The van der Waals surface area contributed by atoms with E-state index in [1.807, 2.05) is 27.7 Å². The molecule has 2 saturated carbocycles. The van der Waals surface area contributed by atoms with Crippen molar-refractivity contribution in [2.45, 2.75) is 139 Å². The monoisotopic (exact) mass is 1200 g/mol. The molecule has 6 heterocycles. The molecule has 1 saturated heterocycles. The number of dihydropyridines is 1. The quantitative estimate of drug-likeness (QED) is 0.0526. The van der Waals surface area contributed by atoms with Crippen LogP contribution in [0.5, 0.6) is 28.7 Å². The summed E-state index contributed by atoms with van der Waals surface area (Å²) in [6.07, 6.45) is 15.0. The first-order chi connectivity index (χ1) is 41.9. The number of nitrogens with one attached hydrogen (secondary N) is 3. The zero-order chi connectivity index (χ0) is 59.0. The predicted octanol–water partition coefficient (Wildman–Crippen LogP) is 10.4. The molecule has 14 rings (SSSR count). The van der Waals surface area contributed by atoms with Crippen molar-refractivity contribution in [2.24, 2.45) is 41.2 Å². The van der Waals surface area contributed by atoms with Crippen LogP contribution in [0.4, 0.5) is 0 Å². The van der Waals surface area contributed by atoms with Crippen LogP contribution in [0, 0.1) is 59.2 Å². The van der Waals surface area contributed by atoms with E-state index in [1.165, 1.54) is 25.3 Å². The normalized spacial score (nSPS) is 31.8. The molecule has 86 heavy (non-hydrogen) atoms. The molecule has 1 spiro atoms. The Labute approximate surface area is 513 Å². The molecule has 0 radical (unpaired) electrons. The standard InChI is InChI=1S/C71H80N4O9S2/c1-5-42-27-54-53-25-40-9-6-8-39(22-40)23-44-13-12-43(14-18-58(54)75-70(42)72)63-55(32-73-31-47(33-76)56(44)34-80-3)66(79)69-52(17-19-59-61(83-69)37-86-85-36-41-10-7-11-48(24-41)74-59)64(63)67-57(35-82-38(2)77)50-15-16-51-62-46(26-49(78)28-60(62)81-4)30-71(21-20-45(53)29-71)65(51)68(50)84-67/h6,8-9,15-17,19,22,26-28,41,43-45,47-48,53,56-57,59,61,67,70,73-76,78-79H,5,7,10-11,20-21,23-25,29-37,72H2,1-4H3. The van der Waals surface area contributed by atoms with Gasteiger partial charge < -0.3 is 60.7 Å². The number of phenolic OH excluding ortho intramolecular Hbond substituents is 2. The Morgan fingerprint density at radius 1 is 0.965 bits per heavy atom. The highest BCUT2D eigenvalue weighted by atomic mass is 33.1.